The van der Waals surface area contributed by atoms with Gasteiger partial charge in [0.2, 0.25) is 0 Å². The van der Waals surface area contributed by atoms with Gasteiger partial charge in [0.25, 0.3) is 0 Å². The van der Waals surface area contributed by atoms with Crippen molar-refractivity contribution in [2.75, 3.05) is 39.4 Å². The first kappa shape index (κ1) is 18.9. The fourth-order valence-corrected chi connectivity index (χ4v) is 2.16. The summed E-state index contributed by atoms with van der Waals surface area (Å²) >= 11 is 0. The third-order valence-corrected chi connectivity index (χ3v) is 3.51. The monoisotopic (exact) mass is 272 g/mol. The zero-order valence-electron chi connectivity index (χ0n) is 13.7. The van der Waals surface area contributed by atoms with Crippen molar-refractivity contribution >= 4 is 0 Å². The Kier molecular flexibility index (Phi) is 14.2. The lowest BCUT2D eigenvalue weighted by atomic mass is 10.2. The highest BCUT2D eigenvalue weighted by molar-refractivity contribution is 4.69. The molecule has 0 saturated carbocycles. The molecule has 0 aromatic rings. The zero-order valence-corrected chi connectivity index (χ0v) is 13.7. The van der Waals surface area contributed by atoms with Crippen LogP contribution in [0.4, 0.5) is 0 Å². The first-order valence-corrected chi connectivity index (χ1v) is 8.28. The Balaban J connectivity index is 3.72. The van der Waals surface area contributed by atoms with E-state index in [0.717, 1.165) is 32.7 Å². The summed E-state index contributed by atoms with van der Waals surface area (Å²) in [6.07, 6.45) is 6.33. The summed E-state index contributed by atoms with van der Waals surface area (Å²) in [5.74, 6) is 0. The minimum absolute atomic E-state index is 0.644. The molecule has 0 spiro atoms. The summed E-state index contributed by atoms with van der Waals surface area (Å²) in [6, 6.07) is 0.644. The molecular weight excluding hydrogens is 236 g/mol. The summed E-state index contributed by atoms with van der Waals surface area (Å²) in [4.78, 5) is 2.64. The van der Waals surface area contributed by atoms with E-state index in [2.05, 4.69) is 37.9 Å². The molecule has 1 atom stereocenters. The average molecular weight is 272 g/mol. The van der Waals surface area contributed by atoms with E-state index in [1.807, 2.05) is 0 Å². The van der Waals surface area contributed by atoms with Gasteiger partial charge in [0.1, 0.15) is 0 Å². The number of nitrogens with one attached hydrogen (secondary N) is 1. The molecule has 1 N–H and O–H groups in total. The molecule has 0 radical (unpaired) electrons. The summed E-state index contributed by atoms with van der Waals surface area (Å²) in [6.45, 7) is 15.3. The highest BCUT2D eigenvalue weighted by Gasteiger charge is 2.11. The van der Waals surface area contributed by atoms with Gasteiger partial charge in [-0.25, -0.2) is 0 Å². The molecule has 0 rings (SSSR count). The molecule has 0 saturated heterocycles. The van der Waals surface area contributed by atoms with E-state index < -0.39 is 0 Å². The second-order valence-corrected chi connectivity index (χ2v) is 5.35. The molecule has 19 heavy (non-hydrogen) atoms. The van der Waals surface area contributed by atoms with Gasteiger partial charge < -0.3 is 10.1 Å². The molecule has 0 aliphatic rings. The van der Waals surface area contributed by atoms with E-state index in [0.29, 0.717) is 6.04 Å². The smallest absolute Gasteiger partial charge is 0.0477 e. The number of hydrogen-bond acceptors (Lipinski definition) is 3. The second kappa shape index (κ2) is 14.3. The van der Waals surface area contributed by atoms with Gasteiger partial charge in [-0.2, -0.15) is 0 Å². The van der Waals surface area contributed by atoms with Crippen molar-refractivity contribution in [3.8, 4) is 0 Å². The van der Waals surface area contributed by atoms with E-state index in [9.17, 15) is 0 Å². The Hall–Kier alpha value is -0.120. The predicted molar refractivity (Wildman–Crippen MR) is 84.8 cm³/mol. The van der Waals surface area contributed by atoms with Crippen molar-refractivity contribution in [3.63, 3.8) is 0 Å². The Morgan fingerprint density at radius 2 is 1.63 bits per heavy atom. The van der Waals surface area contributed by atoms with E-state index >= 15 is 0 Å². The van der Waals surface area contributed by atoms with Crippen LogP contribution in [0.1, 0.15) is 59.8 Å². The molecule has 0 bridgehead atoms. The lowest BCUT2D eigenvalue weighted by Gasteiger charge is -2.29. The fourth-order valence-electron chi connectivity index (χ4n) is 2.16. The van der Waals surface area contributed by atoms with Crippen LogP contribution in [0.15, 0.2) is 0 Å². The van der Waals surface area contributed by atoms with Crippen molar-refractivity contribution in [3.05, 3.63) is 0 Å². The molecule has 0 aromatic carbocycles. The standard InChI is InChI=1S/C16H36N2O/c1-5-8-12-18(13-9-6-2)16(4)15-17-11-10-14-19-7-3/h16-17H,5-15H2,1-4H3. The van der Waals surface area contributed by atoms with Crippen LogP contribution < -0.4 is 5.32 Å². The van der Waals surface area contributed by atoms with Gasteiger partial charge in [-0.1, -0.05) is 26.7 Å². The van der Waals surface area contributed by atoms with Crippen molar-refractivity contribution in [1.82, 2.24) is 10.2 Å². The van der Waals surface area contributed by atoms with Crippen LogP contribution in [0.3, 0.4) is 0 Å². The minimum atomic E-state index is 0.644. The van der Waals surface area contributed by atoms with Crippen LogP contribution >= 0.6 is 0 Å². The predicted octanol–water partition coefficient (Wildman–Crippen LogP) is 3.29. The fraction of sp³-hybridized carbons (Fsp3) is 1.00. The molecule has 0 amide bonds. The van der Waals surface area contributed by atoms with Crippen LogP contribution in [-0.2, 0) is 4.74 Å². The number of unbranched alkanes of at least 4 members (excludes halogenated alkanes) is 2. The lowest BCUT2D eigenvalue weighted by molar-refractivity contribution is 0.143. The van der Waals surface area contributed by atoms with Crippen LogP contribution in [0.25, 0.3) is 0 Å². The molecule has 1 unspecified atom stereocenters. The van der Waals surface area contributed by atoms with Gasteiger partial charge in [-0.05, 0) is 52.7 Å². The first-order chi connectivity index (χ1) is 9.26. The summed E-state index contributed by atoms with van der Waals surface area (Å²) < 4.78 is 5.34. The van der Waals surface area contributed by atoms with Crippen molar-refractivity contribution < 1.29 is 4.74 Å². The van der Waals surface area contributed by atoms with Crippen molar-refractivity contribution in [1.29, 1.82) is 0 Å². The maximum Gasteiger partial charge on any atom is 0.0477 e. The van der Waals surface area contributed by atoms with Gasteiger partial charge >= 0.3 is 0 Å². The summed E-state index contributed by atoms with van der Waals surface area (Å²) in [5, 5.41) is 3.56. The number of ether oxygens (including phenoxy) is 1. The molecular formula is C16H36N2O. The van der Waals surface area contributed by atoms with Crippen LogP contribution in [0.2, 0.25) is 0 Å². The van der Waals surface area contributed by atoms with Gasteiger partial charge in [0.05, 0.1) is 0 Å². The van der Waals surface area contributed by atoms with Gasteiger partial charge in [0.15, 0.2) is 0 Å². The minimum Gasteiger partial charge on any atom is -0.382 e. The Morgan fingerprint density at radius 1 is 1.00 bits per heavy atom. The van der Waals surface area contributed by atoms with Gasteiger partial charge in [-0.15, -0.1) is 0 Å². The van der Waals surface area contributed by atoms with Crippen LogP contribution in [0.5, 0.6) is 0 Å². The zero-order chi connectivity index (χ0) is 14.3. The summed E-state index contributed by atoms with van der Waals surface area (Å²) in [5.41, 5.74) is 0. The van der Waals surface area contributed by atoms with Gasteiger partial charge in [-0.3, -0.25) is 4.90 Å². The number of hydrogen-bond donors (Lipinski definition) is 1. The van der Waals surface area contributed by atoms with Crippen LogP contribution in [0, 0.1) is 0 Å². The highest BCUT2D eigenvalue weighted by Crippen LogP contribution is 2.04. The van der Waals surface area contributed by atoms with E-state index in [4.69, 9.17) is 4.74 Å². The third kappa shape index (κ3) is 11.4. The largest absolute Gasteiger partial charge is 0.382 e. The topological polar surface area (TPSA) is 24.5 Å². The molecule has 0 fully saturated rings. The maximum atomic E-state index is 5.34. The second-order valence-electron chi connectivity index (χ2n) is 5.35. The molecule has 0 heterocycles. The van der Waals surface area contributed by atoms with E-state index in [1.54, 1.807) is 0 Å². The van der Waals surface area contributed by atoms with Crippen LogP contribution in [-0.4, -0.2) is 50.3 Å². The highest BCUT2D eigenvalue weighted by atomic mass is 16.5. The first-order valence-electron chi connectivity index (χ1n) is 8.28. The summed E-state index contributed by atoms with van der Waals surface area (Å²) in [7, 11) is 0. The molecule has 3 heteroatoms. The number of nitrogens with zero attached hydrogens (tertiary/aromatic N) is 1. The maximum absolute atomic E-state index is 5.34. The number of rotatable bonds is 14. The van der Waals surface area contributed by atoms with Gasteiger partial charge in [0, 0.05) is 25.8 Å². The molecule has 0 aromatic heterocycles. The normalized spacial score (nSPS) is 13.1. The Bertz CT molecular complexity index is 168. The Labute approximate surface area is 121 Å². The Morgan fingerprint density at radius 3 is 2.16 bits per heavy atom. The van der Waals surface area contributed by atoms with E-state index in [-0.39, 0.29) is 0 Å². The quantitative estimate of drug-likeness (QED) is 0.491. The SMILES string of the molecule is CCCCN(CCCC)C(C)CNCCCOCC. The molecule has 116 valence electrons. The molecule has 0 aliphatic heterocycles. The lowest BCUT2D eigenvalue weighted by Crippen LogP contribution is -2.41. The third-order valence-electron chi connectivity index (χ3n) is 3.51. The molecule has 0 aliphatic carbocycles. The average Bonchev–Trinajstić information content (AvgIpc) is 2.42. The molecule has 3 nitrogen and oxygen atoms in total. The van der Waals surface area contributed by atoms with Crippen molar-refractivity contribution in [2.24, 2.45) is 0 Å². The van der Waals surface area contributed by atoms with E-state index in [1.165, 1.54) is 38.8 Å². The van der Waals surface area contributed by atoms with Crippen molar-refractivity contribution in [2.45, 2.75) is 65.8 Å².